The maximum absolute atomic E-state index is 14.0. The minimum absolute atomic E-state index is 0.163. The van der Waals surface area contributed by atoms with Gasteiger partial charge >= 0.3 is 0 Å². The van der Waals surface area contributed by atoms with Crippen molar-refractivity contribution in [1.82, 2.24) is 10.3 Å². The van der Waals surface area contributed by atoms with Crippen LogP contribution in [-0.2, 0) is 10.0 Å². The number of nitrogens with one attached hydrogen (secondary N) is 2. The van der Waals surface area contributed by atoms with Crippen LogP contribution in [0.2, 0.25) is 0 Å². The summed E-state index contributed by atoms with van der Waals surface area (Å²) in [6.07, 6.45) is 3.94. The van der Waals surface area contributed by atoms with E-state index in [0.29, 0.717) is 18.4 Å². The molecule has 22 heavy (non-hydrogen) atoms. The first-order chi connectivity index (χ1) is 10.3. The van der Waals surface area contributed by atoms with Crippen LogP contribution in [0.25, 0.3) is 0 Å². The van der Waals surface area contributed by atoms with Crippen molar-refractivity contribution < 1.29 is 17.6 Å². The summed E-state index contributed by atoms with van der Waals surface area (Å²) < 4.78 is 38.2. The highest BCUT2D eigenvalue weighted by atomic mass is 32.2. The Kier molecular flexibility index (Phi) is 5.18. The van der Waals surface area contributed by atoms with Crippen molar-refractivity contribution >= 4 is 15.9 Å². The molecule has 0 radical (unpaired) electrons. The largest absolute Gasteiger partial charge is 0.274 e. The van der Waals surface area contributed by atoms with Crippen molar-refractivity contribution in [3.8, 4) is 0 Å². The van der Waals surface area contributed by atoms with Crippen LogP contribution in [0.3, 0.4) is 0 Å². The number of aryl methyl sites for hydroxylation is 2. The molecule has 0 heterocycles. The molecule has 1 aromatic carbocycles. The van der Waals surface area contributed by atoms with Crippen molar-refractivity contribution in [2.45, 2.75) is 51.2 Å². The van der Waals surface area contributed by atoms with E-state index < -0.39 is 27.0 Å². The van der Waals surface area contributed by atoms with Crippen molar-refractivity contribution in [3.63, 3.8) is 0 Å². The van der Waals surface area contributed by atoms with Gasteiger partial charge in [-0.25, -0.2) is 12.8 Å². The molecule has 5 nitrogen and oxygen atoms in total. The Balaban J connectivity index is 2.06. The Labute approximate surface area is 130 Å². The maximum Gasteiger partial charge on any atom is 0.269 e. The van der Waals surface area contributed by atoms with Gasteiger partial charge in [-0.05, 0) is 43.9 Å². The average Bonchev–Trinajstić information content (AvgIpc) is 2.49. The number of benzene rings is 1. The summed E-state index contributed by atoms with van der Waals surface area (Å²) in [5.41, 5.74) is 3.03. The predicted molar refractivity (Wildman–Crippen MR) is 82.3 cm³/mol. The third-order valence-electron chi connectivity index (χ3n) is 3.94. The average molecular weight is 328 g/mol. The molecule has 122 valence electrons. The first-order valence-electron chi connectivity index (χ1n) is 7.39. The molecule has 0 atom stereocenters. The van der Waals surface area contributed by atoms with Crippen molar-refractivity contribution in [2.75, 3.05) is 0 Å². The number of carbonyl (C=O) groups excluding carboxylic acids is 1. The number of hydrogen-bond acceptors (Lipinski definition) is 3. The Morgan fingerprint density at radius 3 is 2.45 bits per heavy atom. The van der Waals surface area contributed by atoms with Gasteiger partial charge in [-0.1, -0.05) is 25.3 Å². The number of hydrazine groups is 1. The highest BCUT2D eigenvalue weighted by molar-refractivity contribution is 7.90. The van der Waals surface area contributed by atoms with Gasteiger partial charge in [0.1, 0.15) is 5.82 Å². The number of amides is 1. The molecule has 1 saturated carbocycles. The van der Waals surface area contributed by atoms with Gasteiger partial charge in [0.05, 0.1) is 10.8 Å². The van der Waals surface area contributed by atoms with Crippen LogP contribution in [0, 0.1) is 19.7 Å². The molecule has 1 aliphatic rings. The van der Waals surface area contributed by atoms with Gasteiger partial charge in [-0.15, -0.1) is 4.83 Å². The molecule has 2 N–H and O–H groups in total. The number of rotatable bonds is 4. The Hall–Kier alpha value is -1.47. The van der Waals surface area contributed by atoms with E-state index in [1.807, 2.05) is 0 Å². The Morgan fingerprint density at radius 1 is 1.18 bits per heavy atom. The number of halogens is 1. The summed E-state index contributed by atoms with van der Waals surface area (Å²) in [7, 11) is -3.62. The number of sulfonamides is 1. The van der Waals surface area contributed by atoms with E-state index in [1.54, 1.807) is 19.9 Å². The smallest absolute Gasteiger partial charge is 0.269 e. The van der Waals surface area contributed by atoms with Crippen molar-refractivity contribution in [1.29, 1.82) is 0 Å². The van der Waals surface area contributed by atoms with Crippen molar-refractivity contribution in [3.05, 3.63) is 34.6 Å². The number of carbonyl (C=O) groups is 1. The zero-order valence-corrected chi connectivity index (χ0v) is 13.6. The molecule has 1 fully saturated rings. The summed E-state index contributed by atoms with van der Waals surface area (Å²) in [6, 6.07) is 3.02. The van der Waals surface area contributed by atoms with Crippen LogP contribution >= 0.6 is 0 Å². The van der Waals surface area contributed by atoms with E-state index in [1.165, 1.54) is 6.07 Å². The topological polar surface area (TPSA) is 75.3 Å². The summed E-state index contributed by atoms with van der Waals surface area (Å²) in [4.78, 5) is 14.1. The fourth-order valence-electron chi connectivity index (χ4n) is 2.76. The fraction of sp³-hybridized carbons (Fsp3) is 0.533. The van der Waals surface area contributed by atoms with E-state index in [2.05, 4.69) is 10.3 Å². The Morgan fingerprint density at radius 2 is 1.82 bits per heavy atom. The third kappa shape index (κ3) is 3.84. The molecule has 0 saturated heterocycles. The van der Waals surface area contributed by atoms with E-state index >= 15 is 0 Å². The normalized spacial score (nSPS) is 16.5. The highest BCUT2D eigenvalue weighted by Gasteiger charge is 2.27. The van der Waals surface area contributed by atoms with E-state index in [0.717, 1.165) is 24.8 Å². The van der Waals surface area contributed by atoms with Gasteiger partial charge in [0.25, 0.3) is 5.91 Å². The summed E-state index contributed by atoms with van der Waals surface area (Å²) in [5, 5.41) is -0.495. The lowest BCUT2D eigenvalue weighted by Crippen LogP contribution is -2.46. The van der Waals surface area contributed by atoms with E-state index in [9.17, 15) is 17.6 Å². The molecule has 2 rings (SSSR count). The third-order valence-corrected chi connectivity index (χ3v) is 5.68. The van der Waals surface area contributed by atoms with Crippen LogP contribution < -0.4 is 10.3 Å². The zero-order valence-electron chi connectivity index (χ0n) is 12.8. The van der Waals surface area contributed by atoms with Crippen LogP contribution in [0.1, 0.15) is 53.6 Å². The van der Waals surface area contributed by atoms with E-state index in [4.69, 9.17) is 0 Å². The fourth-order valence-corrected chi connectivity index (χ4v) is 4.11. The van der Waals surface area contributed by atoms with Crippen LogP contribution in [0.15, 0.2) is 12.1 Å². The highest BCUT2D eigenvalue weighted by Crippen LogP contribution is 2.22. The molecule has 1 aromatic rings. The van der Waals surface area contributed by atoms with Crippen LogP contribution in [-0.4, -0.2) is 19.6 Å². The standard InChI is InChI=1S/C15H21FN2O3S/c1-10-8-11(2)14(16)13(9-10)15(19)17-18-22(20,21)12-6-4-3-5-7-12/h8-9,12,18H,3-7H2,1-2H3,(H,17,19). The van der Waals surface area contributed by atoms with Crippen molar-refractivity contribution in [2.24, 2.45) is 0 Å². The van der Waals surface area contributed by atoms with Gasteiger partial charge in [-0.2, -0.15) is 0 Å². The molecule has 0 unspecified atom stereocenters. The molecule has 0 bridgehead atoms. The summed E-state index contributed by atoms with van der Waals surface area (Å²) >= 11 is 0. The lowest BCUT2D eigenvalue weighted by molar-refractivity contribution is 0.0940. The molecule has 0 spiro atoms. The first kappa shape index (κ1) is 16.9. The van der Waals surface area contributed by atoms with Crippen LogP contribution in [0.4, 0.5) is 4.39 Å². The van der Waals surface area contributed by atoms with Gasteiger partial charge in [-0.3, -0.25) is 10.2 Å². The second-order valence-electron chi connectivity index (χ2n) is 5.80. The molecule has 1 aliphatic carbocycles. The van der Waals surface area contributed by atoms with Gasteiger partial charge in [0.15, 0.2) is 0 Å². The predicted octanol–water partition coefficient (Wildman–Crippen LogP) is 2.34. The lowest BCUT2D eigenvalue weighted by Gasteiger charge is -2.22. The SMILES string of the molecule is Cc1cc(C)c(F)c(C(=O)NNS(=O)(=O)C2CCCCC2)c1. The monoisotopic (exact) mass is 328 g/mol. The molecule has 0 aliphatic heterocycles. The molecule has 0 aromatic heterocycles. The summed E-state index contributed by atoms with van der Waals surface area (Å²) in [5.74, 6) is -1.43. The molecular weight excluding hydrogens is 307 g/mol. The minimum Gasteiger partial charge on any atom is -0.274 e. The minimum atomic E-state index is -3.62. The Bertz CT molecular complexity index is 668. The second-order valence-corrected chi connectivity index (χ2v) is 7.77. The lowest BCUT2D eigenvalue weighted by atomic mass is 10.0. The maximum atomic E-state index is 14.0. The quantitative estimate of drug-likeness (QED) is 0.833. The second kappa shape index (κ2) is 6.75. The molecule has 1 amide bonds. The van der Waals surface area contributed by atoms with Gasteiger partial charge in [0.2, 0.25) is 10.0 Å². The number of hydrogen-bond donors (Lipinski definition) is 2. The van der Waals surface area contributed by atoms with Crippen LogP contribution in [0.5, 0.6) is 0 Å². The van der Waals surface area contributed by atoms with E-state index in [-0.39, 0.29) is 5.56 Å². The molecule has 7 heteroatoms. The first-order valence-corrected chi connectivity index (χ1v) is 8.93. The molecular formula is C15H21FN2O3S. The summed E-state index contributed by atoms with van der Waals surface area (Å²) in [6.45, 7) is 3.31. The zero-order chi connectivity index (χ0) is 16.3. The van der Waals surface area contributed by atoms with Gasteiger partial charge in [0, 0.05) is 0 Å². The van der Waals surface area contributed by atoms with Gasteiger partial charge < -0.3 is 0 Å².